The van der Waals surface area contributed by atoms with Crippen molar-refractivity contribution >= 4 is 22.6 Å². The third kappa shape index (κ3) is 3.08. The third-order valence-electron chi connectivity index (χ3n) is 2.55. The molecule has 0 aliphatic heterocycles. The zero-order valence-electron chi connectivity index (χ0n) is 10.3. The van der Waals surface area contributed by atoms with Gasteiger partial charge in [-0.25, -0.2) is 9.07 Å². The van der Waals surface area contributed by atoms with Crippen molar-refractivity contribution in [2.75, 3.05) is 0 Å². The molecular weight excluding hydrogens is 344 g/mol. The van der Waals surface area contributed by atoms with Crippen LogP contribution in [0.3, 0.4) is 0 Å². The minimum absolute atomic E-state index is 0.252. The van der Waals surface area contributed by atoms with E-state index in [0.717, 1.165) is 9.13 Å². The Kier molecular flexibility index (Phi) is 4.34. The van der Waals surface area contributed by atoms with Crippen molar-refractivity contribution in [3.05, 3.63) is 45.5 Å². The van der Waals surface area contributed by atoms with E-state index in [1.54, 1.807) is 16.9 Å². The molecule has 0 saturated heterocycles. The number of nitrogens with zero attached hydrogens (tertiary/aromatic N) is 2. The largest absolute Gasteiger partial charge is 0.310 e. The van der Waals surface area contributed by atoms with Gasteiger partial charge in [-0.15, -0.1) is 0 Å². The maximum Gasteiger partial charge on any atom is 0.149 e. The second-order valence-electron chi connectivity index (χ2n) is 4.39. The summed E-state index contributed by atoms with van der Waals surface area (Å²) in [6, 6.07) is 5.47. The number of hydrogen-bond acceptors (Lipinski definition) is 2. The van der Waals surface area contributed by atoms with Crippen LogP contribution in [-0.2, 0) is 6.54 Å². The Morgan fingerprint density at radius 3 is 2.83 bits per heavy atom. The molecule has 96 valence electrons. The fourth-order valence-corrected chi connectivity index (χ4v) is 2.08. The summed E-state index contributed by atoms with van der Waals surface area (Å²) in [5.41, 5.74) is 1.43. The van der Waals surface area contributed by atoms with Gasteiger partial charge in [-0.1, -0.05) is 26.0 Å². The van der Waals surface area contributed by atoms with E-state index in [9.17, 15) is 4.39 Å². The van der Waals surface area contributed by atoms with E-state index in [-0.39, 0.29) is 5.82 Å². The molecule has 2 rings (SSSR count). The van der Waals surface area contributed by atoms with Gasteiger partial charge in [-0.3, -0.25) is 0 Å². The van der Waals surface area contributed by atoms with Crippen LogP contribution < -0.4 is 5.32 Å². The minimum atomic E-state index is -0.252. The van der Waals surface area contributed by atoms with Gasteiger partial charge in [0.25, 0.3) is 0 Å². The number of hydrogen-bond donors (Lipinski definition) is 1. The van der Waals surface area contributed by atoms with Gasteiger partial charge in [0, 0.05) is 18.8 Å². The van der Waals surface area contributed by atoms with Crippen molar-refractivity contribution in [3.63, 3.8) is 0 Å². The number of benzene rings is 1. The summed E-state index contributed by atoms with van der Waals surface area (Å²) < 4.78 is 16.6. The Morgan fingerprint density at radius 1 is 1.44 bits per heavy atom. The van der Waals surface area contributed by atoms with Crippen LogP contribution in [0.25, 0.3) is 5.69 Å². The first kappa shape index (κ1) is 13.5. The Labute approximate surface area is 120 Å². The highest BCUT2D eigenvalue weighted by molar-refractivity contribution is 14.1. The second kappa shape index (κ2) is 5.79. The maximum atomic E-state index is 14.0. The van der Waals surface area contributed by atoms with Gasteiger partial charge in [0.15, 0.2) is 0 Å². The second-order valence-corrected chi connectivity index (χ2v) is 5.63. The molecule has 1 aromatic carbocycles. The number of aromatic nitrogens is 2. The predicted octanol–water partition coefficient (Wildman–Crippen LogP) is 3.11. The van der Waals surface area contributed by atoms with Crippen LogP contribution in [0.15, 0.2) is 30.6 Å². The zero-order valence-corrected chi connectivity index (χ0v) is 12.5. The van der Waals surface area contributed by atoms with E-state index in [0.29, 0.717) is 18.3 Å². The van der Waals surface area contributed by atoms with Gasteiger partial charge in [-0.2, -0.15) is 5.10 Å². The SMILES string of the molecule is CC(C)NCc1cccc(F)c1-n1cc(I)cn1. The normalized spacial score (nSPS) is 11.2. The highest BCUT2D eigenvalue weighted by atomic mass is 127. The molecule has 18 heavy (non-hydrogen) atoms. The van der Waals surface area contributed by atoms with Gasteiger partial charge in [0.05, 0.1) is 9.77 Å². The lowest BCUT2D eigenvalue weighted by molar-refractivity contribution is 0.573. The van der Waals surface area contributed by atoms with E-state index in [4.69, 9.17) is 0 Å². The number of rotatable bonds is 4. The molecule has 1 heterocycles. The van der Waals surface area contributed by atoms with Crippen LogP contribution >= 0.6 is 22.6 Å². The van der Waals surface area contributed by atoms with E-state index in [1.807, 2.05) is 12.3 Å². The standard InChI is InChI=1S/C13H15FIN3/c1-9(2)16-6-10-4-3-5-12(14)13(10)18-8-11(15)7-17-18/h3-5,7-9,16H,6H2,1-2H3. The Balaban J connectivity index is 2.38. The molecule has 0 fully saturated rings. The lowest BCUT2D eigenvalue weighted by Gasteiger charge is -2.13. The molecule has 0 aliphatic carbocycles. The molecule has 0 spiro atoms. The lowest BCUT2D eigenvalue weighted by Crippen LogP contribution is -2.23. The van der Waals surface area contributed by atoms with E-state index in [1.165, 1.54) is 6.07 Å². The highest BCUT2D eigenvalue weighted by Crippen LogP contribution is 2.19. The molecular formula is C13H15FIN3. The van der Waals surface area contributed by atoms with Gasteiger partial charge >= 0.3 is 0 Å². The topological polar surface area (TPSA) is 29.9 Å². The molecule has 1 aromatic heterocycles. The molecule has 0 saturated carbocycles. The first-order valence-electron chi connectivity index (χ1n) is 5.79. The van der Waals surface area contributed by atoms with Gasteiger partial charge in [-0.05, 0) is 34.2 Å². The minimum Gasteiger partial charge on any atom is -0.310 e. The first-order valence-corrected chi connectivity index (χ1v) is 6.87. The molecule has 0 aliphatic rings. The fourth-order valence-electron chi connectivity index (χ4n) is 1.70. The van der Waals surface area contributed by atoms with Crippen LogP contribution in [0.1, 0.15) is 19.4 Å². The summed E-state index contributed by atoms with van der Waals surface area (Å²) in [6.45, 7) is 4.76. The summed E-state index contributed by atoms with van der Waals surface area (Å²) in [4.78, 5) is 0. The van der Waals surface area contributed by atoms with Crippen molar-refractivity contribution in [1.29, 1.82) is 0 Å². The number of halogens is 2. The van der Waals surface area contributed by atoms with Crippen molar-refractivity contribution in [2.24, 2.45) is 0 Å². The number of nitrogens with one attached hydrogen (secondary N) is 1. The van der Waals surface area contributed by atoms with Crippen LogP contribution in [0, 0.1) is 9.39 Å². The molecule has 0 atom stereocenters. The molecule has 1 N–H and O–H groups in total. The Bertz CT molecular complexity index is 537. The smallest absolute Gasteiger partial charge is 0.149 e. The molecule has 0 radical (unpaired) electrons. The molecule has 2 aromatic rings. The van der Waals surface area contributed by atoms with E-state index >= 15 is 0 Å². The predicted molar refractivity (Wildman–Crippen MR) is 78.2 cm³/mol. The monoisotopic (exact) mass is 359 g/mol. The zero-order chi connectivity index (χ0) is 13.1. The summed E-state index contributed by atoms with van der Waals surface area (Å²) in [5, 5.41) is 7.47. The van der Waals surface area contributed by atoms with E-state index in [2.05, 4.69) is 46.9 Å². The molecule has 0 amide bonds. The fraction of sp³-hybridized carbons (Fsp3) is 0.308. The molecule has 3 nitrogen and oxygen atoms in total. The van der Waals surface area contributed by atoms with Gasteiger partial charge in [0.2, 0.25) is 0 Å². The van der Waals surface area contributed by atoms with Crippen molar-refractivity contribution < 1.29 is 4.39 Å². The van der Waals surface area contributed by atoms with Crippen molar-refractivity contribution in [1.82, 2.24) is 15.1 Å². The Morgan fingerprint density at radius 2 is 2.22 bits per heavy atom. The number of para-hydroxylation sites is 1. The Hall–Kier alpha value is -0.950. The van der Waals surface area contributed by atoms with Crippen molar-refractivity contribution in [3.8, 4) is 5.69 Å². The third-order valence-corrected chi connectivity index (χ3v) is 3.11. The van der Waals surface area contributed by atoms with Crippen LogP contribution in [0.2, 0.25) is 0 Å². The maximum absolute atomic E-state index is 14.0. The van der Waals surface area contributed by atoms with Gasteiger partial charge < -0.3 is 5.32 Å². The molecule has 0 unspecified atom stereocenters. The van der Waals surface area contributed by atoms with Gasteiger partial charge in [0.1, 0.15) is 11.5 Å². The first-order chi connectivity index (χ1) is 8.58. The molecule has 0 bridgehead atoms. The van der Waals surface area contributed by atoms with Crippen LogP contribution in [0.4, 0.5) is 4.39 Å². The lowest BCUT2D eigenvalue weighted by atomic mass is 10.1. The van der Waals surface area contributed by atoms with Crippen LogP contribution in [-0.4, -0.2) is 15.8 Å². The average Bonchev–Trinajstić information content (AvgIpc) is 2.72. The summed E-state index contributed by atoms with van der Waals surface area (Å²) in [7, 11) is 0. The van der Waals surface area contributed by atoms with Crippen LogP contribution in [0.5, 0.6) is 0 Å². The average molecular weight is 359 g/mol. The summed E-state index contributed by atoms with van der Waals surface area (Å²) in [6.07, 6.45) is 3.53. The highest BCUT2D eigenvalue weighted by Gasteiger charge is 2.11. The van der Waals surface area contributed by atoms with E-state index < -0.39 is 0 Å². The summed E-state index contributed by atoms with van der Waals surface area (Å²) >= 11 is 2.16. The summed E-state index contributed by atoms with van der Waals surface area (Å²) in [5.74, 6) is -0.252. The quantitative estimate of drug-likeness (QED) is 0.851. The molecule has 5 heteroatoms. The van der Waals surface area contributed by atoms with Crippen molar-refractivity contribution in [2.45, 2.75) is 26.4 Å².